The van der Waals surface area contributed by atoms with Crippen LogP contribution in [0.2, 0.25) is 10.0 Å². The molecule has 1 saturated heterocycles. The van der Waals surface area contributed by atoms with E-state index in [0.717, 1.165) is 4.31 Å². The molecule has 2 rings (SSSR count). The molecule has 0 saturated carbocycles. The highest BCUT2D eigenvalue weighted by molar-refractivity contribution is 7.89. The van der Waals surface area contributed by atoms with Crippen molar-refractivity contribution in [2.75, 3.05) is 26.9 Å². The molecule has 0 spiro atoms. The highest BCUT2D eigenvalue weighted by Gasteiger charge is 2.39. The van der Waals surface area contributed by atoms with E-state index in [2.05, 4.69) is 0 Å². The summed E-state index contributed by atoms with van der Waals surface area (Å²) in [5.41, 5.74) is 0. The molecule has 0 aromatic heterocycles. The molecule has 1 N–H and O–H groups in total. The number of rotatable bonds is 7. The Hall–Kier alpha value is -1.06. The average Bonchev–Trinajstić information content (AvgIpc) is 3.00. The van der Waals surface area contributed by atoms with Crippen molar-refractivity contribution in [3.8, 4) is 5.75 Å². The van der Waals surface area contributed by atoms with Crippen LogP contribution in [0.5, 0.6) is 5.75 Å². The van der Waals surface area contributed by atoms with Crippen LogP contribution in [-0.4, -0.2) is 56.7 Å². The summed E-state index contributed by atoms with van der Waals surface area (Å²) < 4.78 is 36.6. The molecule has 0 aliphatic carbocycles. The molecule has 1 aliphatic rings. The first-order valence-electron chi connectivity index (χ1n) is 7.14. The highest BCUT2D eigenvalue weighted by atomic mass is 35.5. The summed E-state index contributed by atoms with van der Waals surface area (Å²) in [7, 11) is -2.51. The summed E-state index contributed by atoms with van der Waals surface area (Å²) in [5, 5.41) is 9.24. The van der Waals surface area contributed by atoms with E-state index in [1.165, 1.54) is 19.2 Å². The second kappa shape index (κ2) is 7.88. The molecule has 1 atom stereocenters. The molecule has 0 amide bonds. The predicted octanol–water partition coefficient (Wildman–Crippen LogP) is 2.26. The van der Waals surface area contributed by atoms with Crippen LogP contribution in [-0.2, 0) is 19.6 Å². The number of hydrogen-bond donors (Lipinski definition) is 1. The molecule has 1 aromatic rings. The molecule has 1 aromatic carbocycles. The lowest BCUT2D eigenvalue weighted by Crippen LogP contribution is -2.40. The number of hydrogen-bond acceptors (Lipinski definition) is 5. The maximum absolute atomic E-state index is 12.7. The van der Waals surface area contributed by atoms with Crippen molar-refractivity contribution >= 4 is 39.2 Å². The molecule has 10 heteroatoms. The first-order chi connectivity index (χ1) is 11.3. The Kier molecular flexibility index (Phi) is 6.33. The van der Waals surface area contributed by atoms with E-state index in [-0.39, 0.29) is 40.3 Å². The fourth-order valence-electron chi connectivity index (χ4n) is 2.46. The van der Waals surface area contributed by atoms with Gasteiger partial charge < -0.3 is 14.6 Å². The minimum Gasteiger partial charge on any atom is -0.488 e. The zero-order valence-electron chi connectivity index (χ0n) is 12.9. The van der Waals surface area contributed by atoms with Gasteiger partial charge in [0.2, 0.25) is 10.0 Å². The summed E-state index contributed by atoms with van der Waals surface area (Å²) in [5.74, 6) is -1.02. The highest BCUT2D eigenvalue weighted by Crippen LogP contribution is 2.37. The number of halogens is 2. The smallest absolute Gasteiger partial charge is 0.322 e. The fraction of sp³-hybridized carbons (Fsp3) is 0.500. The van der Waals surface area contributed by atoms with Gasteiger partial charge in [-0.05, 0) is 25.0 Å². The van der Waals surface area contributed by atoms with Crippen LogP contribution >= 0.6 is 23.2 Å². The number of nitrogens with zero attached hydrogens (tertiary/aromatic N) is 1. The van der Waals surface area contributed by atoms with Crippen LogP contribution in [0.4, 0.5) is 0 Å². The van der Waals surface area contributed by atoms with Crippen molar-refractivity contribution in [1.29, 1.82) is 0 Å². The normalized spacial score (nSPS) is 18.7. The molecule has 1 heterocycles. The first-order valence-corrected chi connectivity index (χ1v) is 9.34. The molecule has 0 unspecified atom stereocenters. The van der Waals surface area contributed by atoms with Crippen molar-refractivity contribution in [3.05, 3.63) is 22.2 Å². The number of methoxy groups -OCH3 is 1. The van der Waals surface area contributed by atoms with E-state index in [4.69, 9.17) is 32.7 Å². The quantitative estimate of drug-likeness (QED) is 0.709. The molecule has 134 valence electrons. The van der Waals surface area contributed by atoms with Crippen molar-refractivity contribution in [3.63, 3.8) is 0 Å². The monoisotopic (exact) mass is 397 g/mol. The number of carbonyl (C=O) groups is 1. The molecule has 0 bridgehead atoms. The lowest BCUT2D eigenvalue weighted by Gasteiger charge is -2.21. The van der Waals surface area contributed by atoms with Crippen LogP contribution in [0.3, 0.4) is 0 Å². The van der Waals surface area contributed by atoms with Crippen molar-refractivity contribution in [2.45, 2.75) is 23.8 Å². The fourth-order valence-corrected chi connectivity index (χ4v) is 4.89. The van der Waals surface area contributed by atoms with E-state index in [1.54, 1.807) is 0 Å². The third-order valence-electron chi connectivity index (χ3n) is 3.60. The number of aliphatic carboxylic acids is 1. The summed E-state index contributed by atoms with van der Waals surface area (Å²) in [6.45, 7) is 0.663. The zero-order valence-corrected chi connectivity index (χ0v) is 15.2. The maximum Gasteiger partial charge on any atom is 0.322 e. The van der Waals surface area contributed by atoms with Crippen LogP contribution in [0, 0.1) is 0 Å². The van der Waals surface area contributed by atoms with Crippen LogP contribution < -0.4 is 4.74 Å². The van der Waals surface area contributed by atoms with Crippen LogP contribution in [0.25, 0.3) is 0 Å². The van der Waals surface area contributed by atoms with E-state index in [9.17, 15) is 18.3 Å². The number of ether oxygens (including phenoxy) is 2. The number of sulfonamides is 1. The standard InChI is InChI=1S/C14H17Cl2NO6S/c1-22-5-6-23-13-10(15)7-9(8-11(13)16)24(20,21)17-4-2-3-12(17)14(18)19/h7-8,12H,2-6H2,1H3,(H,18,19)/t12-/m1/s1. The largest absolute Gasteiger partial charge is 0.488 e. The van der Waals surface area contributed by atoms with Gasteiger partial charge in [0.15, 0.2) is 5.75 Å². The van der Waals surface area contributed by atoms with Gasteiger partial charge in [0.1, 0.15) is 12.6 Å². The minimum absolute atomic E-state index is 0.0308. The van der Waals surface area contributed by atoms with Gasteiger partial charge in [-0.25, -0.2) is 8.42 Å². The third kappa shape index (κ3) is 3.94. The van der Waals surface area contributed by atoms with Gasteiger partial charge in [0.05, 0.1) is 21.5 Å². The molecule has 24 heavy (non-hydrogen) atoms. The Balaban J connectivity index is 2.33. The molecule has 0 radical (unpaired) electrons. The van der Waals surface area contributed by atoms with E-state index >= 15 is 0 Å². The molecule has 1 fully saturated rings. The maximum atomic E-state index is 12.7. The molecule has 7 nitrogen and oxygen atoms in total. The van der Waals surface area contributed by atoms with Gasteiger partial charge in [-0.3, -0.25) is 4.79 Å². The van der Waals surface area contributed by atoms with E-state index in [1.807, 2.05) is 0 Å². The van der Waals surface area contributed by atoms with Gasteiger partial charge in [-0.1, -0.05) is 23.2 Å². The number of benzene rings is 1. The molecular weight excluding hydrogens is 381 g/mol. The SMILES string of the molecule is COCCOc1c(Cl)cc(S(=O)(=O)N2CCC[C@@H]2C(=O)O)cc1Cl. The Labute approximate surface area is 150 Å². The molecular formula is C14H17Cl2NO6S. The first kappa shape index (κ1) is 19.3. The Morgan fingerprint density at radius 2 is 1.96 bits per heavy atom. The van der Waals surface area contributed by atoms with Crippen molar-refractivity contribution in [1.82, 2.24) is 4.31 Å². The second-order valence-electron chi connectivity index (χ2n) is 5.17. The Morgan fingerprint density at radius 3 is 2.50 bits per heavy atom. The average molecular weight is 398 g/mol. The zero-order chi connectivity index (χ0) is 17.9. The van der Waals surface area contributed by atoms with Crippen molar-refractivity contribution in [2.24, 2.45) is 0 Å². The summed E-state index contributed by atoms with van der Waals surface area (Å²) in [4.78, 5) is 11.1. The van der Waals surface area contributed by atoms with Gasteiger partial charge in [-0.15, -0.1) is 0 Å². The van der Waals surface area contributed by atoms with Crippen LogP contribution in [0.1, 0.15) is 12.8 Å². The summed E-state index contributed by atoms with van der Waals surface area (Å²) in [6.07, 6.45) is 0.754. The third-order valence-corrected chi connectivity index (χ3v) is 6.05. The van der Waals surface area contributed by atoms with Crippen LogP contribution in [0.15, 0.2) is 17.0 Å². The number of carboxylic acids is 1. The predicted molar refractivity (Wildman–Crippen MR) is 88.4 cm³/mol. The van der Waals surface area contributed by atoms with Gasteiger partial charge in [0, 0.05) is 13.7 Å². The summed E-state index contributed by atoms with van der Waals surface area (Å²) >= 11 is 12.2. The van der Waals surface area contributed by atoms with E-state index in [0.29, 0.717) is 13.0 Å². The lowest BCUT2D eigenvalue weighted by molar-refractivity contribution is -0.140. The minimum atomic E-state index is -4.02. The van der Waals surface area contributed by atoms with E-state index < -0.39 is 22.0 Å². The second-order valence-corrected chi connectivity index (χ2v) is 7.87. The Bertz CT molecular complexity index is 701. The number of carboxylic acid groups (broad SMARTS) is 1. The Morgan fingerprint density at radius 1 is 1.33 bits per heavy atom. The topological polar surface area (TPSA) is 93.1 Å². The van der Waals surface area contributed by atoms with Gasteiger partial charge >= 0.3 is 5.97 Å². The summed E-state index contributed by atoms with van der Waals surface area (Å²) in [6, 6.07) is 1.34. The van der Waals surface area contributed by atoms with Crippen molar-refractivity contribution < 1.29 is 27.8 Å². The molecule has 1 aliphatic heterocycles. The van der Waals surface area contributed by atoms with Gasteiger partial charge in [0.25, 0.3) is 0 Å². The lowest BCUT2D eigenvalue weighted by atomic mass is 10.2. The van der Waals surface area contributed by atoms with Gasteiger partial charge in [-0.2, -0.15) is 4.31 Å².